The zero-order chi connectivity index (χ0) is 16.9. The molecule has 1 unspecified atom stereocenters. The van der Waals surface area contributed by atoms with Crippen LogP contribution in [-0.4, -0.2) is 29.9 Å². The first-order valence-corrected chi connectivity index (χ1v) is 8.08. The van der Waals surface area contributed by atoms with E-state index in [1.165, 1.54) is 0 Å². The van der Waals surface area contributed by atoms with Gasteiger partial charge in [-0.1, -0.05) is 54.6 Å². The average molecular weight is 323 g/mol. The lowest BCUT2D eigenvalue weighted by atomic mass is 9.98. The molecule has 1 fully saturated rings. The van der Waals surface area contributed by atoms with Crippen molar-refractivity contribution in [3.63, 3.8) is 0 Å². The monoisotopic (exact) mass is 323 g/mol. The summed E-state index contributed by atoms with van der Waals surface area (Å²) >= 11 is 0. The van der Waals surface area contributed by atoms with Crippen molar-refractivity contribution in [1.29, 1.82) is 0 Å². The minimum absolute atomic E-state index is 0.134. The Balaban J connectivity index is 1.77. The smallest absolute Gasteiger partial charge is 0.318 e. The van der Waals surface area contributed by atoms with Crippen LogP contribution in [0.3, 0.4) is 0 Å². The third kappa shape index (κ3) is 3.40. The predicted molar refractivity (Wildman–Crippen MR) is 92.3 cm³/mol. The van der Waals surface area contributed by atoms with Gasteiger partial charge in [0.15, 0.2) is 0 Å². The fourth-order valence-electron chi connectivity index (χ4n) is 2.96. The number of hydrogen-bond donors (Lipinski definition) is 2. The van der Waals surface area contributed by atoms with Crippen LogP contribution in [0.25, 0.3) is 0 Å². The summed E-state index contributed by atoms with van der Waals surface area (Å²) in [5.74, 6) is -0.134. The van der Waals surface area contributed by atoms with Gasteiger partial charge >= 0.3 is 6.03 Å². The molecule has 2 aromatic rings. The van der Waals surface area contributed by atoms with Gasteiger partial charge in [0, 0.05) is 19.6 Å². The molecule has 3 amide bonds. The van der Waals surface area contributed by atoms with Crippen molar-refractivity contribution in [1.82, 2.24) is 15.5 Å². The van der Waals surface area contributed by atoms with E-state index in [0.29, 0.717) is 19.6 Å². The first-order chi connectivity index (χ1) is 11.7. The Morgan fingerprint density at radius 1 is 1.17 bits per heavy atom. The molecule has 3 rings (SSSR count). The van der Waals surface area contributed by atoms with E-state index in [0.717, 1.165) is 16.7 Å². The molecule has 0 saturated carbocycles. The highest BCUT2D eigenvalue weighted by Gasteiger charge is 2.34. The van der Waals surface area contributed by atoms with E-state index < -0.39 is 6.04 Å². The van der Waals surface area contributed by atoms with E-state index in [-0.39, 0.29) is 11.9 Å². The minimum atomic E-state index is -0.587. The number of carbonyl (C=O) groups is 2. The van der Waals surface area contributed by atoms with Crippen molar-refractivity contribution in [2.75, 3.05) is 13.1 Å². The molecule has 124 valence electrons. The van der Waals surface area contributed by atoms with Gasteiger partial charge in [-0.3, -0.25) is 4.79 Å². The first-order valence-electron chi connectivity index (χ1n) is 8.08. The molecule has 0 radical (unpaired) electrons. The van der Waals surface area contributed by atoms with Crippen LogP contribution in [0.5, 0.6) is 0 Å². The number of hydrogen-bond acceptors (Lipinski definition) is 2. The fourth-order valence-corrected chi connectivity index (χ4v) is 2.96. The molecule has 1 atom stereocenters. The largest absolute Gasteiger partial charge is 0.352 e. The van der Waals surface area contributed by atoms with Gasteiger partial charge in [0.1, 0.15) is 6.04 Å². The number of piperazine rings is 1. The van der Waals surface area contributed by atoms with Crippen molar-refractivity contribution in [2.24, 2.45) is 0 Å². The summed E-state index contributed by atoms with van der Waals surface area (Å²) in [5, 5.41) is 5.77. The van der Waals surface area contributed by atoms with Crippen LogP contribution in [0.4, 0.5) is 4.79 Å². The summed E-state index contributed by atoms with van der Waals surface area (Å²) in [5.41, 5.74) is 2.89. The van der Waals surface area contributed by atoms with Gasteiger partial charge in [0.05, 0.1) is 0 Å². The highest BCUT2D eigenvalue weighted by atomic mass is 16.2. The van der Waals surface area contributed by atoms with Gasteiger partial charge in [-0.05, 0) is 23.6 Å². The number of nitrogens with zero attached hydrogens (tertiary/aromatic N) is 1. The van der Waals surface area contributed by atoms with Gasteiger partial charge < -0.3 is 15.5 Å². The van der Waals surface area contributed by atoms with Crippen LogP contribution in [0.1, 0.15) is 22.7 Å². The lowest BCUT2D eigenvalue weighted by Crippen LogP contribution is -2.54. The Morgan fingerprint density at radius 2 is 1.88 bits per heavy atom. The first kappa shape index (κ1) is 16.1. The van der Waals surface area contributed by atoms with Gasteiger partial charge in [0.25, 0.3) is 0 Å². The Labute approximate surface area is 141 Å². The van der Waals surface area contributed by atoms with Crippen molar-refractivity contribution in [2.45, 2.75) is 19.5 Å². The van der Waals surface area contributed by atoms with Crippen molar-refractivity contribution < 1.29 is 9.59 Å². The number of benzene rings is 2. The number of rotatable bonds is 3. The van der Waals surface area contributed by atoms with Crippen LogP contribution in [0.15, 0.2) is 54.6 Å². The summed E-state index contributed by atoms with van der Waals surface area (Å²) < 4.78 is 0. The zero-order valence-electron chi connectivity index (χ0n) is 13.7. The van der Waals surface area contributed by atoms with E-state index in [9.17, 15) is 9.59 Å². The highest BCUT2D eigenvalue weighted by molar-refractivity contribution is 5.89. The second kappa shape index (κ2) is 7.17. The Morgan fingerprint density at radius 3 is 2.62 bits per heavy atom. The molecular weight excluding hydrogens is 302 g/mol. The molecule has 5 heteroatoms. The molecule has 1 aliphatic heterocycles. The van der Waals surface area contributed by atoms with Crippen molar-refractivity contribution in [3.8, 4) is 0 Å². The van der Waals surface area contributed by atoms with E-state index in [1.54, 1.807) is 4.90 Å². The molecule has 0 aromatic heterocycles. The van der Waals surface area contributed by atoms with Crippen molar-refractivity contribution >= 4 is 11.9 Å². The maximum Gasteiger partial charge on any atom is 0.318 e. The molecule has 0 bridgehead atoms. The second-order valence-corrected chi connectivity index (χ2v) is 5.89. The van der Waals surface area contributed by atoms with Crippen LogP contribution in [0, 0.1) is 6.92 Å². The van der Waals surface area contributed by atoms with Gasteiger partial charge in [-0.15, -0.1) is 0 Å². The molecule has 1 saturated heterocycles. The van der Waals surface area contributed by atoms with Crippen LogP contribution in [0.2, 0.25) is 0 Å². The van der Waals surface area contributed by atoms with Crippen LogP contribution < -0.4 is 10.6 Å². The third-order valence-electron chi connectivity index (χ3n) is 4.24. The van der Waals surface area contributed by atoms with E-state index in [1.807, 2.05) is 61.5 Å². The summed E-state index contributed by atoms with van der Waals surface area (Å²) in [6, 6.07) is 16.6. The Kier molecular flexibility index (Phi) is 4.79. The number of urea groups is 1. The van der Waals surface area contributed by atoms with Crippen LogP contribution in [-0.2, 0) is 11.3 Å². The molecule has 0 aliphatic carbocycles. The molecule has 24 heavy (non-hydrogen) atoms. The summed E-state index contributed by atoms with van der Waals surface area (Å²) in [6.07, 6.45) is 0. The molecule has 0 spiro atoms. The second-order valence-electron chi connectivity index (χ2n) is 5.89. The maximum absolute atomic E-state index is 12.6. The topological polar surface area (TPSA) is 61.4 Å². The Hall–Kier alpha value is -2.82. The standard InChI is InChI=1S/C19H21N3O2/c1-14-7-5-6-10-16(14)17-18(23)20-11-12-22(17)19(24)21-13-15-8-3-2-4-9-15/h2-10,17H,11-13H2,1H3,(H,20,23)(H,21,24). The molecule has 2 N–H and O–H groups in total. The van der Waals surface area contributed by atoms with Gasteiger partial charge in [-0.25, -0.2) is 4.79 Å². The third-order valence-corrected chi connectivity index (χ3v) is 4.24. The van der Waals surface area contributed by atoms with E-state index in [2.05, 4.69) is 10.6 Å². The van der Waals surface area contributed by atoms with E-state index in [4.69, 9.17) is 0 Å². The van der Waals surface area contributed by atoms with Crippen molar-refractivity contribution in [3.05, 3.63) is 71.3 Å². The van der Waals surface area contributed by atoms with Crippen LogP contribution >= 0.6 is 0 Å². The minimum Gasteiger partial charge on any atom is -0.352 e. The quantitative estimate of drug-likeness (QED) is 0.911. The lowest BCUT2D eigenvalue weighted by Gasteiger charge is -2.35. The van der Waals surface area contributed by atoms with E-state index >= 15 is 0 Å². The summed E-state index contributed by atoms with van der Waals surface area (Å²) in [7, 11) is 0. The average Bonchev–Trinajstić information content (AvgIpc) is 2.61. The maximum atomic E-state index is 12.6. The zero-order valence-corrected chi connectivity index (χ0v) is 13.7. The SMILES string of the molecule is Cc1ccccc1C1C(=O)NCCN1C(=O)NCc1ccccc1. The van der Waals surface area contributed by atoms with Gasteiger partial charge in [-0.2, -0.15) is 0 Å². The predicted octanol–water partition coefficient (Wildman–Crippen LogP) is 2.38. The van der Waals surface area contributed by atoms with Gasteiger partial charge in [0.2, 0.25) is 5.91 Å². The normalized spacial score (nSPS) is 17.3. The molecule has 5 nitrogen and oxygen atoms in total. The number of carbonyl (C=O) groups excluding carboxylic acids is 2. The summed E-state index contributed by atoms with van der Waals surface area (Å²) in [6.45, 7) is 3.36. The fraction of sp³-hybridized carbons (Fsp3) is 0.263. The highest BCUT2D eigenvalue weighted by Crippen LogP contribution is 2.26. The molecule has 2 aromatic carbocycles. The summed E-state index contributed by atoms with van der Waals surface area (Å²) in [4.78, 5) is 26.7. The molecule has 1 heterocycles. The molecule has 1 aliphatic rings. The Bertz CT molecular complexity index is 730. The number of amides is 3. The lowest BCUT2D eigenvalue weighted by molar-refractivity contribution is -0.127. The number of nitrogens with one attached hydrogen (secondary N) is 2. The number of aryl methyl sites for hydroxylation is 1. The molecular formula is C19H21N3O2.